The number of hydrogen-bond acceptors (Lipinski definition) is 3. The molecule has 0 aliphatic carbocycles. The van der Waals surface area contributed by atoms with E-state index in [4.69, 9.17) is 9.47 Å². The van der Waals surface area contributed by atoms with E-state index in [1.165, 1.54) is 4.88 Å². The molecule has 0 bridgehead atoms. The first-order valence-corrected chi connectivity index (χ1v) is 8.11. The van der Waals surface area contributed by atoms with Crippen molar-refractivity contribution >= 4 is 43.2 Å². The molecule has 0 saturated carbocycles. The highest BCUT2D eigenvalue weighted by Crippen LogP contribution is 2.31. The average Bonchev–Trinajstić information content (AvgIpc) is 2.81. The molecule has 0 amide bonds. The lowest BCUT2D eigenvalue weighted by Crippen LogP contribution is -1.97. The summed E-state index contributed by atoms with van der Waals surface area (Å²) in [6, 6.07) is 7.96. The van der Waals surface area contributed by atoms with Crippen molar-refractivity contribution < 1.29 is 9.47 Å². The fourth-order valence-electron chi connectivity index (χ4n) is 1.49. The van der Waals surface area contributed by atoms with Gasteiger partial charge >= 0.3 is 0 Å². The molecule has 2 aromatic rings. The van der Waals surface area contributed by atoms with Crippen molar-refractivity contribution in [1.82, 2.24) is 0 Å². The molecule has 1 heterocycles. The maximum Gasteiger partial charge on any atom is 0.162 e. The van der Waals surface area contributed by atoms with Crippen LogP contribution in [0.15, 0.2) is 34.1 Å². The summed E-state index contributed by atoms with van der Waals surface area (Å²) in [5.74, 6) is 1.53. The zero-order valence-corrected chi connectivity index (χ0v) is 13.8. The van der Waals surface area contributed by atoms with E-state index in [1.54, 1.807) is 18.4 Å². The van der Waals surface area contributed by atoms with Gasteiger partial charge in [-0.15, -0.1) is 11.3 Å². The van der Waals surface area contributed by atoms with Gasteiger partial charge in [0.2, 0.25) is 0 Å². The monoisotopic (exact) mass is 390 g/mol. The van der Waals surface area contributed by atoms with Crippen LogP contribution in [0, 0.1) is 0 Å². The number of methoxy groups -OCH3 is 1. The van der Waals surface area contributed by atoms with Gasteiger partial charge in [-0.25, -0.2) is 0 Å². The molecule has 0 spiro atoms. The molecule has 5 heteroatoms. The first-order valence-electron chi connectivity index (χ1n) is 5.32. The Bertz CT molecular complexity index is 525. The molecule has 2 rings (SSSR count). The summed E-state index contributed by atoms with van der Waals surface area (Å²) in [7, 11) is 1.65. The maximum absolute atomic E-state index is 5.83. The molecule has 0 saturated heterocycles. The van der Waals surface area contributed by atoms with Crippen molar-refractivity contribution in [3.8, 4) is 11.5 Å². The molecule has 18 heavy (non-hydrogen) atoms. The van der Waals surface area contributed by atoms with E-state index in [2.05, 4.69) is 31.9 Å². The first kappa shape index (κ1) is 13.9. The minimum atomic E-state index is 0.542. The van der Waals surface area contributed by atoms with E-state index >= 15 is 0 Å². The number of ether oxygens (including phenoxy) is 2. The predicted octanol–water partition coefficient (Wildman–Crippen LogP) is 4.99. The zero-order valence-electron chi connectivity index (χ0n) is 9.78. The molecule has 0 aliphatic heterocycles. The van der Waals surface area contributed by atoms with E-state index in [9.17, 15) is 0 Å². The largest absolute Gasteiger partial charge is 0.493 e. The van der Waals surface area contributed by atoms with E-state index in [1.807, 2.05) is 29.6 Å². The Labute approximate surface area is 127 Å². The van der Waals surface area contributed by atoms with Gasteiger partial charge in [0.05, 0.1) is 12.0 Å². The fraction of sp³-hybridized carbons (Fsp3) is 0.231. The van der Waals surface area contributed by atoms with Crippen LogP contribution in [0.4, 0.5) is 0 Å². The number of benzene rings is 1. The van der Waals surface area contributed by atoms with E-state index in [0.717, 1.165) is 26.9 Å². The number of alkyl halides is 1. The minimum absolute atomic E-state index is 0.542. The fourth-order valence-corrected chi connectivity index (χ4v) is 3.22. The third kappa shape index (κ3) is 3.28. The molecule has 1 aromatic carbocycles. The van der Waals surface area contributed by atoms with Gasteiger partial charge in [-0.05, 0) is 45.1 Å². The van der Waals surface area contributed by atoms with Crippen molar-refractivity contribution in [2.45, 2.75) is 11.9 Å². The van der Waals surface area contributed by atoms with Gasteiger partial charge in [0, 0.05) is 9.80 Å². The third-order valence-corrected chi connectivity index (χ3v) is 4.98. The van der Waals surface area contributed by atoms with Gasteiger partial charge in [0.25, 0.3) is 0 Å². The van der Waals surface area contributed by atoms with Crippen molar-refractivity contribution in [2.24, 2.45) is 0 Å². The molecule has 0 fully saturated rings. The van der Waals surface area contributed by atoms with Crippen LogP contribution in [0.5, 0.6) is 11.5 Å². The third-order valence-electron chi connectivity index (χ3n) is 2.43. The van der Waals surface area contributed by atoms with Crippen molar-refractivity contribution in [2.75, 3.05) is 7.11 Å². The smallest absolute Gasteiger partial charge is 0.162 e. The average molecular weight is 392 g/mol. The normalized spacial score (nSPS) is 10.4. The Morgan fingerprint density at radius 2 is 2.06 bits per heavy atom. The molecule has 0 radical (unpaired) electrons. The highest BCUT2D eigenvalue weighted by atomic mass is 79.9. The lowest BCUT2D eigenvalue weighted by Gasteiger charge is -2.11. The van der Waals surface area contributed by atoms with Crippen LogP contribution in [0.1, 0.15) is 10.4 Å². The van der Waals surface area contributed by atoms with Crippen molar-refractivity contribution in [3.63, 3.8) is 0 Å². The molecular formula is C13H12Br2O2S. The lowest BCUT2D eigenvalue weighted by molar-refractivity contribution is 0.286. The van der Waals surface area contributed by atoms with Crippen molar-refractivity contribution in [3.05, 3.63) is 44.6 Å². The lowest BCUT2D eigenvalue weighted by atomic mass is 10.2. The Morgan fingerprint density at radius 3 is 2.67 bits per heavy atom. The second-order valence-corrected chi connectivity index (χ2v) is 6.01. The predicted molar refractivity (Wildman–Crippen MR) is 82.0 cm³/mol. The second kappa shape index (κ2) is 6.59. The second-order valence-electron chi connectivity index (χ2n) is 3.60. The van der Waals surface area contributed by atoms with Gasteiger partial charge in [-0.1, -0.05) is 22.0 Å². The van der Waals surface area contributed by atoms with Gasteiger partial charge in [-0.3, -0.25) is 0 Å². The molecule has 1 aromatic heterocycles. The summed E-state index contributed by atoms with van der Waals surface area (Å²) >= 11 is 8.60. The van der Waals surface area contributed by atoms with Crippen LogP contribution in [-0.2, 0) is 11.9 Å². The topological polar surface area (TPSA) is 18.5 Å². The van der Waals surface area contributed by atoms with Crippen LogP contribution in [-0.4, -0.2) is 7.11 Å². The standard InChI is InChI=1S/C13H12Br2O2S/c1-16-11-3-2-9(7-14)6-12(11)17-8-13-10(15)4-5-18-13/h2-6H,7-8H2,1H3. The highest BCUT2D eigenvalue weighted by Gasteiger charge is 2.08. The minimum Gasteiger partial charge on any atom is -0.493 e. The van der Waals surface area contributed by atoms with Gasteiger partial charge in [0.1, 0.15) is 6.61 Å². The van der Waals surface area contributed by atoms with Crippen LogP contribution in [0.25, 0.3) is 0 Å². The first-order chi connectivity index (χ1) is 8.74. The molecule has 0 aliphatic rings. The van der Waals surface area contributed by atoms with Crippen LogP contribution < -0.4 is 9.47 Å². The number of rotatable bonds is 5. The van der Waals surface area contributed by atoms with Crippen LogP contribution >= 0.6 is 43.2 Å². The van der Waals surface area contributed by atoms with Gasteiger partial charge < -0.3 is 9.47 Å². The molecular weight excluding hydrogens is 380 g/mol. The highest BCUT2D eigenvalue weighted by molar-refractivity contribution is 9.10. The summed E-state index contributed by atoms with van der Waals surface area (Å²) in [4.78, 5) is 1.17. The summed E-state index contributed by atoms with van der Waals surface area (Å²) in [6.07, 6.45) is 0. The summed E-state index contributed by atoms with van der Waals surface area (Å²) in [6.45, 7) is 0.542. The Kier molecular flexibility index (Phi) is 5.09. The van der Waals surface area contributed by atoms with E-state index in [0.29, 0.717) is 6.61 Å². The SMILES string of the molecule is COc1ccc(CBr)cc1OCc1sccc1Br. The number of thiophene rings is 1. The number of hydrogen-bond donors (Lipinski definition) is 0. The molecule has 0 unspecified atom stereocenters. The Balaban J connectivity index is 2.14. The van der Waals surface area contributed by atoms with Crippen LogP contribution in [0.2, 0.25) is 0 Å². The Morgan fingerprint density at radius 1 is 1.22 bits per heavy atom. The van der Waals surface area contributed by atoms with E-state index in [-0.39, 0.29) is 0 Å². The molecule has 2 nitrogen and oxygen atoms in total. The Hall–Kier alpha value is -0.520. The zero-order chi connectivity index (χ0) is 13.0. The molecule has 0 atom stereocenters. The molecule has 0 N–H and O–H groups in total. The van der Waals surface area contributed by atoms with E-state index < -0.39 is 0 Å². The quantitative estimate of drug-likeness (QED) is 0.668. The van der Waals surface area contributed by atoms with Crippen LogP contribution in [0.3, 0.4) is 0 Å². The summed E-state index contributed by atoms with van der Waals surface area (Å²) < 4.78 is 12.2. The maximum atomic E-state index is 5.83. The molecule has 96 valence electrons. The number of halogens is 2. The summed E-state index contributed by atoms with van der Waals surface area (Å²) in [5, 5.41) is 2.84. The van der Waals surface area contributed by atoms with Gasteiger partial charge in [0.15, 0.2) is 11.5 Å². The van der Waals surface area contributed by atoms with Gasteiger partial charge in [-0.2, -0.15) is 0 Å². The van der Waals surface area contributed by atoms with Crippen molar-refractivity contribution in [1.29, 1.82) is 0 Å². The summed E-state index contributed by atoms with van der Waals surface area (Å²) in [5.41, 5.74) is 1.16.